The largest absolute Gasteiger partial charge is 0.491 e. The standard InChI is InChI=1S/C12H19NO2/c1-9-4-5-12(10(2)6-9)15-8-11(14)7-13-3/h4-6,11,13-14H,7-8H2,1-3H3/t11-/m1/s1. The molecule has 0 saturated carbocycles. The van der Waals surface area contributed by atoms with Gasteiger partial charge in [-0.05, 0) is 32.5 Å². The highest BCUT2D eigenvalue weighted by atomic mass is 16.5. The summed E-state index contributed by atoms with van der Waals surface area (Å²) in [5, 5.41) is 12.4. The van der Waals surface area contributed by atoms with Crippen molar-refractivity contribution in [2.24, 2.45) is 0 Å². The van der Waals surface area contributed by atoms with Crippen LogP contribution in [0.3, 0.4) is 0 Å². The second-order valence-electron chi connectivity index (χ2n) is 3.79. The molecule has 1 aromatic rings. The number of aliphatic hydroxyl groups is 1. The normalized spacial score (nSPS) is 12.5. The van der Waals surface area contributed by atoms with Crippen LogP contribution in [0.25, 0.3) is 0 Å². The van der Waals surface area contributed by atoms with E-state index in [1.807, 2.05) is 26.0 Å². The summed E-state index contributed by atoms with van der Waals surface area (Å²) in [5.74, 6) is 0.843. The van der Waals surface area contributed by atoms with E-state index in [9.17, 15) is 5.11 Å². The third-order valence-corrected chi connectivity index (χ3v) is 2.20. The number of rotatable bonds is 5. The summed E-state index contributed by atoms with van der Waals surface area (Å²) in [6, 6.07) is 6.02. The van der Waals surface area contributed by atoms with Gasteiger partial charge in [-0.2, -0.15) is 0 Å². The van der Waals surface area contributed by atoms with E-state index >= 15 is 0 Å². The zero-order valence-corrected chi connectivity index (χ0v) is 9.58. The number of likely N-dealkylation sites (N-methyl/N-ethyl adjacent to an activating group) is 1. The molecule has 0 heterocycles. The number of hydrogen-bond acceptors (Lipinski definition) is 3. The van der Waals surface area contributed by atoms with Crippen molar-refractivity contribution in [3.8, 4) is 5.75 Å². The monoisotopic (exact) mass is 209 g/mol. The summed E-state index contributed by atoms with van der Waals surface area (Å²) in [5.41, 5.74) is 2.32. The lowest BCUT2D eigenvalue weighted by atomic mass is 10.1. The molecule has 0 saturated heterocycles. The fourth-order valence-electron chi connectivity index (χ4n) is 1.44. The number of aliphatic hydroxyl groups excluding tert-OH is 1. The molecule has 0 bridgehead atoms. The number of ether oxygens (including phenoxy) is 1. The highest BCUT2D eigenvalue weighted by Crippen LogP contribution is 2.18. The molecule has 84 valence electrons. The SMILES string of the molecule is CNC[C@@H](O)COc1ccc(C)cc1C. The smallest absolute Gasteiger partial charge is 0.122 e. The van der Waals surface area contributed by atoms with Gasteiger partial charge < -0.3 is 15.2 Å². The van der Waals surface area contributed by atoms with Gasteiger partial charge in [0.15, 0.2) is 0 Å². The Balaban J connectivity index is 2.50. The van der Waals surface area contributed by atoms with Gasteiger partial charge in [0, 0.05) is 6.54 Å². The molecule has 0 fully saturated rings. The van der Waals surface area contributed by atoms with E-state index in [1.54, 1.807) is 7.05 Å². The first-order chi connectivity index (χ1) is 7.13. The summed E-state index contributed by atoms with van der Waals surface area (Å²) in [4.78, 5) is 0. The molecule has 15 heavy (non-hydrogen) atoms. The van der Waals surface area contributed by atoms with Gasteiger partial charge in [0.2, 0.25) is 0 Å². The quantitative estimate of drug-likeness (QED) is 0.767. The predicted molar refractivity (Wildman–Crippen MR) is 61.3 cm³/mol. The molecule has 3 nitrogen and oxygen atoms in total. The van der Waals surface area contributed by atoms with Gasteiger partial charge in [0.05, 0.1) is 0 Å². The molecule has 1 aromatic carbocycles. The summed E-state index contributed by atoms with van der Waals surface area (Å²) in [6.45, 7) is 4.93. The van der Waals surface area contributed by atoms with Gasteiger partial charge in [-0.1, -0.05) is 17.7 Å². The minimum atomic E-state index is -0.462. The van der Waals surface area contributed by atoms with Crippen LogP contribution < -0.4 is 10.1 Å². The average molecular weight is 209 g/mol. The van der Waals surface area contributed by atoms with Gasteiger partial charge in [-0.25, -0.2) is 0 Å². The molecule has 0 aliphatic rings. The van der Waals surface area contributed by atoms with E-state index in [0.717, 1.165) is 11.3 Å². The molecule has 0 spiro atoms. The van der Waals surface area contributed by atoms with E-state index in [1.165, 1.54) is 5.56 Å². The van der Waals surface area contributed by atoms with Crippen molar-refractivity contribution in [3.63, 3.8) is 0 Å². The van der Waals surface area contributed by atoms with E-state index in [2.05, 4.69) is 11.4 Å². The summed E-state index contributed by atoms with van der Waals surface area (Å²) in [6.07, 6.45) is -0.462. The van der Waals surface area contributed by atoms with Crippen LogP contribution in [0.15, 0.2) is 18.2 Å². The molecular weight excluding hydrogens is 190 g/mol. The molecule has 0 radical (unpaired) electrons. The van der Waals surface area contributed by atoms with E-state index in [4.69, 9.17) is 4.74 Å². The zero-order valence-electron chi connectivity index (χ0n) is 9.58. The Morgan fingerprint density at radius 3 is 2.73 bits per heavy atom. The van der Waals surface area contributed by atoms with Gasteiger partial charge in [0.1, 0.15) is 18.5 Å². The Labute approximate surface area is 91.1 Å². The Kier molecular flexibility index (Phi) is 4.59. The maximum Gasteiger partial charge on any atom is 0.122 e. The second-order valence-corrected chi connectivity index (χ2v) is 3.79. The minimum absolute atomic E-state index is 0.324. The van der Waals surface area contributed by atoms with Gasteiger partial charge in [-0.15, -0.1) is 0 Å². The van der Waals surface area contributed by atoms with Gasteiger partial charge in [-0.3, -0.25) is 0 Å². The van der Waals surface area contributed by atoms with E-state index in [0.29, 0.717) is 13.2 Å². The van der Waals surface area contributed by atoms with Crippen molar-refractivity contribution >= 4 is 0 Å². The first-order valence-corrected chi connectivity index (χ1v) is 5.16. The minimum Gasteiger partial charge on any atom is -0.491 e. The van der Waals surface area contributed by atoms with Crippen LogP contribution in [0, 0.1) is 13.8 Å². The maximum atomic E-state index is 9.47. The van der Waals surface area contributed by atoms with Crippen molar-refractivity contribution in [3.05, 3.63) is 29.3 Å². The molecule has 2 N–H and O–H groups in total. The van der Waals surface area contributed by atoms with Crippen molar-refractivity contribution < 1.29 is 9.84 Å². The number of aryl methyl sites for hydroxylation is 2. The summed E-state index contributed by atoms with van der Waals surface area (Å²) in [7, 11) is 1.81. The number of hydrogen-bond donors (Lipinski definition) is 2. The summed E-state index contributed by atoms with van der Waals surface area (Å²) >= 11 is 0. The van der Waals surface area contributed by atoms with Gasteiger partial charge in [0.25, 0.3) is 0 Å². The maximum absolute atomic E-state index is 9.47. The molecule has 0 aliphatic carbocycles. The molecule has 1 atom stereocenters. The second kappa shape index (κ2) is 5.73. The van der Waals surface area contributed by atoms with Crippen LogP contribution in [-0.4, -0.2) is 31.4 Å². The topological polar surface area (TPSA) is 41.5 Å². The fourth-order valence-corrected chi connectivity index (χ4v) is 1.44. The molecule has 0 aromatic heterocycles. The van der Waals surface area contributed by atoms with E-state index in [-0.39, 0.29) is 0 Å². The average Bonchev–Trinajstić information content (AvgIpc) is 2.17. The third-order valence-electron chi connectivity index (χ3n) is 2.20. The van der Waals surface area contributed by atoms with Crippen molar-refractivity contribution in [2.75, 3.05) is 20.2 Å². The summed E-state index contributed by atoms with van der Waals surface area (Å²) < 4.78 is 5.52. The highest BCUT2D eigenvalue weighted by Gasteiger charge is 2.05. The number of benzene rings is 1. The Hall–Kier alpha value is -1.06. The Morgan fingerprint density at radius 1 is 1.40 bits per heavy atom. The van der Waals surface area contributed by atoms with Crippen molar-refractivity contribution in [1.29, 1.82) is 0 Å². The van der Waals surface area contributed by atoms with Gasteiger partial charge >= 0.3 is 0 Å². The van der Waals surface area contributed by atoms with Crippen molar-refractivity contribution in [2.45, 2.75) is 20.0 Å². The Morgan fingerprint density at radius 2 is 2.13 bits per heavy atom. The first kappa shape index (κ1) is 12.0. The lowest BCUT2D eigenvalue weighted by Gasteiger charge is -2.13. The van der Waals surface area contributed by atoms with E-state index < -0.39 is 6.10 Å². The molecule has 3 heteroatoms. The number of nitrogens with one attached hydrogen (secondary N) is 1. The molecule has 0 amide bonds. The lowest BCUT2D eigenvalue weighted by Crippen LogP contribution is -2.29. The zero-order chi connectivity index (χ0) is 11.3. The Bertz CT molecular complexity index is 312. The lowest BCUT2D eigenvalue weighted by molar-refractivity contribution is 0.108. The predicted octanol–water partition coefficient (Wildman–Crippen LogP) is 1.26. The molecule has 1 rings (SSSR count). The van der Waals surface area contributed by atoms with Crippen LogP contribution in [0.2, 0.25) is 0 Å². The molecule has 0 unspecified atom stereocenters. The third kappa shape index (κ3) is 3.90. The fraction of sp³-hybridized carbons (Fsp3) is 0.500. The van der Waals surface area contributed by atoms with Crippen LogP contribution in [0.4, 0.5) is 0 Å². The first-order valence-electron chi connectivity index (χ1n) is 5.16. The van der Waals surface area contributed by atoms with Crippen LogP contribution >= 0.6 is 0 Å². The van der Waals surface area contributed by atoms with Crippen LogP contribution in [0.5, 0.6) is 5.75 Å². The molecular formula is C12H19NO2. The highest BCUT2D eigenvalue weighted by molar-refractivity contribution is 5.35. The van der Waals surface area contributed by atoms with Crippen LogP contribution in [0.1, 0.15) is 11.1 Å². The van der Waals surface area contributed by atoms with Crippen molar-refractivity contribution in [1.82, 2.24) is 5.32 Å². The van der Waals surface area contributed by atoms with Crippen LogP contribution in [-0.2, 0) is 0 Å². The molecule has 0 aliphatic heterocycles.